The zero-order valence-electron chi connectivity index (χ0n) is 17.0. The van der Waals surface area contributed by atoms with Crippen LogP contribution in [-0.2, 0) is 4.79 Å². The molecule has 0 saturated heterocycles. The highest BCUT2D eigenvalue weighted by Crippen LogP contribution is 2.47. The molecule has 3 heterocycles. The number of carbonyl (C=O) groups excluding carboxylic acids is 1. The number of H-pyrrole nitrogens is 1. The van der Waals surface area contributed by atoms with Gasteiger partial charge in [0.2, 0.25) is 0 Å². The molecule has 152 valence electrons. The highest BCUT2D eigenvalue weighted by atomic mass is 32.2. The smallest absolute Gasteiger partial charge is 0.257 e. The Bertz CT molecular complexity index is 1010. The maximum absolute atomic E-state index is 13.2. The fourth-order valence-electron chi connectivity index (χ4n) is 4.22. The van der Waals surface area contributed by atoms with Crippen LogP contribution < -0.4 is 10.9 Å². The fourth-order valence-corrected chi connectivity index (χ4v) is 5.17. The number of Topliss-reactive ketones (excluding diaryl/α,β-unsaturated/α-hetero) is 1. The van der Waals surface area contributed by atoms with Crippen LogP contribution in [0.25, 0.3) is 0 Å². The molecule has 2 aliphatic rings. The molecule has 0 aromatic carbocycles. The van der Waals surface area contributed by atoms with E-state index in [1.165, 1.54) is 0 Å². The lowest BCUT2D eigenvalue weighted by Gasteiger charge is -2.40. The van der Waals surface area contributed by atoms with Crippen LogP contribution in [-0.4, -0.2) is 26.5 Å². The van der Waals surface area contributed by atoms with Gasteiger partial charge in [-0.05, 0) is 23.5 Å². The molecule has 0 spiro atoms. The van der Waals surface area contributed by atoms with E-state index in [0.717, 1.165) is 29.9 Å². The van der Waals surface area contributed by atoms with Crippen LogP contribution in [0.5, 0.6) is 0 Å². The summed E-state index contributed by atoms with van der Waals surface area (Å²) in [5.41, 5.74) is 1.81. The lowest BCUT2D eigenvalue weighted by Crippen LogP contribution is -2.41. The van der Waals surface area contributed by atoms with Crippen LogP contribution in [0, 0.1) is 11.3 Å². The number of thioether (sulfide) groups is 1. The predicted molar refractivity (Wildman–Crippen MR) is 115 cm³/mol. The summed E-state index contributed by atoms with van der Waals surface area (Å²) >= 11 is 1.55. The number of fused-ring (bicyclic) bond motifs is 2. The molecule has 0 unspecified atom stereocenters. The number of hydrogen-bond donors (Lipinski definition) is 2. The van der Waals surface area contributed by atoms with Gasteiger partial charge >= 0.3 is 0 Å². The Kier molecular flexibility index (Phi) is 5.34. The molecule has 4 rings (SSSR count). The van der Waals surface area contributed by atoms with Crippen LogP contribution in [0.3, 0.4) is 0 Å². The summed E-state index contributed by atoms with van der Waals surface area (Å²) < 4.78 is 0. The van der Waals surface area contributed by atoms with Crippen molar-refractivity contribution in [3.8, 4) is 0 Å². The first kappa shape index (κ1) is 19.9. The third-order valence-corrected chi connectivity index (χ3v) is 6.44. The molecule has 0 radical (unpaired) electrons. The first-order valence-corrected chi connectivity index (χ1v) is 11.1. The normalized spacial score (nSPS) is 22.3. The van der Waals surface area contributed by atoms with Crippen molar-refractivity contribution in [3.05, 3.63) is 57.8 Å². The first-order valence-electron chi connectivity index (χ1n) is 10.1. The van der Waals surface area contributed by atoms with E-state index in [-0.39, 0.29) is 22.7 Å². The molecule has 0 amide bonds. The Morgan fingerprint density at radius 2 is 2.10 bits per heavy atom. The van der Waals surface area contributed by atoms with Crippen LogP contribution >= 0.6 is 11.8 Å². The van der Waals surface area contributed by atoms with E-state index in [9.17, 15) is 9.59 Å². The van der Waals surface area contributed by atoms with Gasteiger partial charge in [-0.15, -0.1) is 0 Å². The second-order valence-corrected chi connectivity index (χ2v) is 9.52. The molecular formula is C22H26N4O2S. The number of ketones is 1. The van der Waals surface area contributed by atoms with Gasteiger partial charge in [-0.1, -0.05) is 51.1 Å². The standard InChI is InChI=1S/C22H26N4O2S/c1-4-5-9-29-21-25-19-18(20(28)26-21)16(13-7-6-8-23-12-13)17-14(24-19)10-22(2,3)11-15(17)27/h6-8,10,12,16-17H,4-5,9,11H2,1-3H3,(H2,24,25,26,28)/t16-,17-/m0/s1. The second kappa shape index (κ2) is 7.78. The number of carbonyl (C=O) groups is 1. The Morgan fingerprint density at radius 1 is 1.28 bits per heavy atom. The molecule has 0 saturated carbocycles. The molecular weight excluding hydrogens is 384 g/mol. The number of anilines is 1. The lowest BCUT2D eigenvalue weighted by molar-refractivity contribution is -0.124. The number of nitrogens with one attached hydrogen (secondary N) is 2. The van der Waals surface area contributed by atoms with Gasteiger partial charge in [0.25, 0.3) is 5.56 Å². The summed E-state index contributed by atoms with van der Waals surface area (Å²) in [6.45, 7) is 6.25. The minimum Gasteiger partial charge on any atom is -0.343 e. The molecule has 2 N–H and O–H groups in total. The van der Waals surface area contributed by atoms with Crippen molar-refractivity contribution in [1.82, 2.24) is 15.0 Å². The second-order valence-electron chi connectivity index (χ2n) is 8.43. The van der Waals surface area contributed by atoms with Gasteiger partial charge in [0, 0.05) is 36.2 Å². The van der Waals surface area contributed by atoms with Gasteiger partial charge in [0.05, 0.1) is 11.5 Å². The van der Waals surface area contributed by atoms with Crippen molar-refractivity contribution in [2.24, 2.45) is 11.3 Å². The number of aromatic nitrogens is 3. The molecule has 0 bridgehead atoms. The minimum atomic E-state index is -0.416. The Morgan fingerprint density at radius 3 is 2.83 bits per heavy atom. The number of rotatable bonds is 5. The number of allylic oxidation sites excluding steroid dienone is 2. The van der Waals surface area contributed by atoms with Crippen molar-refractivity contribution in [3.63, 3.8) is 0 Å². The number of hydrogen-bond acceptors (Lipinski definition) is 6. The highest BCUT2D eigenvalue weighted by Gasteiger charge is 2.45. The van der Waals surface area contributed by atoms with E-state index in [4.69, 9.17) is 4.98 Å². The summed E-state index contributed by atoms with van der Waals surface area (Å²) in [4.78, 5) is 38.1. The summed E-state index contributed by atoms with van der Waals surface area (Å²) in [6.07, 6.45) is 8.17. The fraction of sp³-hybridized carbons (Fsp3) is 0.455. The maximum atomic E-state index is 13.2. The van der Waals surface area contributed by atoms with Gasteiger partial charge < -0.3 is 10.3 Å². The zero-order chi connectivity index (χ0) is 20.6. The SMILES string of the molecule is CCCCSc1nc2c(c(=O)[nH]1)[C@@H](c1cccnc1)[C@@H]1C(=O)CC(C)(C)C=C1N2. The van der Waals surface area contributed by atoms with Crippen molar-refractivity contribution in [2.45, 2.75) is 51.1 Å². The van der Waals surface area contributed by atoms with Crippen molar-refractivity contribution < 1.29 is 4.79 Å². The summed E-state index contributed by atoms with van der Waals surface area (Å²) in [5.74, 6) is 0.790. The van der Waals surface area contributed by atoms with E-state index in [1.807, 2.05) is 12.1 Å². The first-order chi connectivity index (χ1) is 13.9. The Labute approximate surface area is 174 Å². The Hall–Kier alpha value is -2.41. The summed E-state index contributed by atoms with van der Waals surface area (Å²) in [6, 6.07) is 3.77. The van der Waals surface area contributed by atoms with Crippen molar-refractivity contribution in [2.75, 3.05) is 11.1 Å². The van der Waals surface area contributed by atoms with E-state index in [2.05, 4.69) is 42.1 Å². The van der Waals surface area contributed by atoms with Crippen LogP contribution in [0.1, 0.15) is 57.1 Å². The molecule has 7 heteroatoms. The third kappa shape index (κ3) is 3.88. The van der Waals surface area contributed by atoms with Gasteiger partial charge in [0.1, 0.15) is 11.6 Å². The van der Waals surface area contributed by atoms with Crippen molar-refractivity contribution in [1.29, 1.82) is 0 Å². The lowest BCUT2D eigenvalue weighted by atomic mass is 9.67. The molecule has 2 atom stereocenters. The minimum absolute atomic E-state index is 0.139. The summed E-state index contributed by atoms with van der Waals surface area (Å²) in [5, 5.41) is 3.94. The zero-order valence-corrected chi connectivity index (χ0v) is 17.8. The number of nitrogens with zero attached hydrogens (tertiary/aromatic N) is 2. The van der Waals surface area contributed by atoms with Crippen LogP contribution in [0.4, 0.5) is 5.82 Å². The average Bonchev–Trinajstić information content (AvgIpc) is 2.66. The van der Waals surface area contributed by atoms with Crippen LogP contribution in [0.15, 0.2) is 46.3 Å². The molecule has 1 aliphatic carbocycles. The molecule has 0 fully saturated rings. The van der Waals surface area contributed by atoms with Gasteiger partial charge in [-0.2, -0.15) is 0 Å². The van der Waals surface area contributed by atoms with Gasteiger partial charge in [-0.3, -0.25) is 14.6 Å². The third-order valence-electron chi connectivity index (χ3n) is 5.48. The monoisotopic (exact) mass is 410 g/mol. The topological polar surface area (TPSA) is 87.7 Å². The van der Waals surface area contributed by atoms with E-state index < -0.39 is 5.92 Å². The largest absolute Gasteiger partial charge is 0.343 e. The average molecular weight is 411 g/mol. The van der Waals surface area contributed by atoms with Gasteiger partial charge in [-0.25, -0.2) is 4.98 Å². The molecule has 2 aromatic rings. The van der Waals surface area contributed by atoms with E-state index in [0.29, 0.717) is 23.0 Å². The van der Waals surface area contributed by atoms with E-state index >= 15 is 0 Å². The quantitative estimate of drug-likeness (QED) is 0.438. The van der Waals surface area contributed by atoms with Crippen molar-refractivity contribution >= 4 is 23.4 Å². The molecule has 6 nitrogen and oxygen atoms in total. The number of unbranched alkanes of at least 4 members (excludes halogenated alkanes) is 1. The van der Waals surface area contributed by atoms with E-state index in [1.54, 1.807) is 24.2 Å². The van der Waals surface area contributed by atoms with Gasteiger partial charge in [0.15, 0.2) is 5.16 Å². The molecule has 1 aliphatic heterocycles. The summed E-state index contributed by atoms with van der Waals surface area (Å²) in [7, 11) is 0. The molecule has 29 heavy (non-hydrogen) atoms. The molecule has 2 aromatic heterocycles. The number of aromatic amines is 1. The Balaban J connectivity index is 1.86. The predicted octanol–water partition coefficient (Wildman–Crippen LogP) is 4.11. The van der Waals surface area contributed by atoms with Crippen LogP contribution in [0.2, 0.25) is 0 Å². The number of pyridine rings is 1. The maximum Gasteiger partial charge on any atom is 0.257 e. The highest BCUT2D eigenvalue weighted by molar-refractivity contribution is 7.99.